The smallest absolute Gasteiger partial charge is 0.268 e. The van der Waals surface area contributed by atoms with Gasteiger partial charge < -0.3 is 9.26 Å². The monoisotopic (exact) mass is 425 g/mol. The van der Waals surface area contributed by atoms with E-state index in [-0.39, 0.29) is 10.8 Å². The van der Waals surface area contributed by atoms with E-state index in [0.29, 0.717) is 46.9 Å². The Labute approximate surface area is 165 Å². The molecule has 10 heteroatoms. The second-order valence-electron chi connectivity index (χ2n) is 5.98. The van der Waals surface area contributed by atoms with Crippen LogP contribution in [0.15, 0.2) is 39.8 Å². The molecule has 0 atom stereocenters. The highest BCUT2D eigenvalue weighted by Crippen LogP contribution is 2.35. The number of hydrogen-bond donors (Lipinski definition) is 0. The number of aryl methyl sites for hydroxylation is 1. The first-order valence-corrected chi connectivity index (χ1v) is 10.9. The summed E-state index contributed by atoms with van der Waals surface area (Å²) in [5.74, 6) is 0.678. The molecule has 0 aliphatic carbocycles. The average Bonchev–Trinajstić information content (AvgIpc) is 3.29. The van der Waals surface area contributed by atoms with Gasteiger partial charge in [-0.1, -0.05) is 28.9 Å². The van der Waals surface area contributed by atoms with Crippen molar-refractivity contribution in [3.8, 4) is 22.2 Å². The number of aromatic nitrogens is 2. The van der Waals surface area contributed by atoms with Crippen molar-refractivity contribution in [2.24, 2.45) is 0 Å². The summed E-state index contributed by atoms with van der Waals surface area (Å²) in [5.41, 5.74) is 0.729. The molecule has 0 unspecified atom stereocenters. The first kappa shape index (κ1) is 18.6. The molecule has 7 nitrogen and oxygen atoms in total. The van der Waals surface area contributed by atoms with Gasteiger partial charge in [0.2, 0.25) is 15.8 Å². The van der Waals surface area contributed by atoms with Crippen molar-refractivity contribution < 1.29 is 17.7 Å². The van der Waals surface area contributed by atoms with Crippen LogP contribution in [0, 0.1) is 6.92 Å². The maximum atomic E-state index is 12.9. The van der Waals surface area contributed by atoms with Crippen LogP contribution in [0.25, 0.3) is 22.2 Å². The fourth-order valence-corrected chi connectivity index (χ4v) is 5.90. The molecular formula is C17H16ClN3O4S2. The van der Waals surface area contributed by atoms with Gasteiger partial charge in [0.05, 0.1) is 23.0 Å². The lowest BCUT2D eigenvalue weighted by atomic mass is 10.2. The van der Waals surface area contributed by atoms with Crippen molar-refractivity contribution in [2.45, 2.75) is 11.8 Å². The summed E-state index contributed by atoms with van der Waals surface area (Å²) >= 11 is 7.31. The zero-order valence-electron chi connectivity index (χ0n) is 14.4. The quantitative estimate of drug-likeness (QED) is 0.636. The Bertz CT molecular complexity index is 1070. The van der Waals surface area contributed by atoms with Gasteiger partial charge in [-0.25, -0.2) is 8.42 Å². The molecule has 142 valence electrons. The summed E-state index contributed by atoms with van der Waals surface area (Å²) in [4.78, 5) is 5.95. The Kier molecular flexibility index (Phi) is 5.04. The number of thiophene rings is 1. The fraction of sp³-hybridized carbons (Fsp3) is 0.294. The van der Waals surface area contributed by atoms with Crippen LogP contribution in [0.5, 0.6) is 0 Å². The molecule has 1 aliphatic rings. The molecule has 27 heavy (non-hydrogen) atoms. The van der Waals surface area contributed by atoms with Gasteiger partial charge in [0, 0.05) is 28.6 Å². The van der Waals surface area contributed by atoms with Crippen LogP contribution >= 0.6 is 22.9 Å². The summed E-state index contributed by atoms with van der Waals surface area (Å²) in [6.45, 7) is 3.29. The molecule has 1 fully saturated rings. The molecule has 1 aliphatic heterocycles. The largest absolute Gasteiger partial charge is 0.379 e. The third-order valence-corrected chi connectivity index (χ3v) is 7.61. The molecule has 3 heterocycles. The second-order valence-corrected chi connectivity index (χ2v) is 9.58. The first-order valence-electron chi connectivity index (χ1n) is 8.23. The number of halogens is 1. The van der Waals surface area contributed by atoms with E-state index in [1.54, 1.807) is 31.2 Å². The minimum atomic E-state index is -3.57. The predicted molar refractivity (Wildman–Crippen MR) is 102 cm³/mol. The van der Waals surface area contributed by atoms with Crippen molar-refractivity contribution in [1.29, 1.82) is 0 Å². The molecule has 0 bridgehead atoms. The second kappa shape index (κ2) is 7.33. The van der Waals surface area contributed by atoms with E-state index < -0.39 is 10.0 Å². The zero-order valence-corrected chi connectivity index (χ0v) is 16.8. The molecule has 0 radical (unpaired) electrons. The maximum absolute atomic E-state index is 12.9. The number of benzene rings is 1. The van der Waals surface area contributed by atoms with Gasteiger partial charge in [0.25, 0.3) is 5.89 Å². The van der Waals surface area contributed by atoms with Crippen molar-refractivity contribution in [2.75, 3.05) is 26.3 Å². The Morgan fingerprint density at radius 2 is 2.00 bits per heavy atom. The van der Waals surface area contributed by atoms with Crippen LogP contribution < -0.4 is 0 Å². The van der Waals surface area contributed by atoms with Gasteiger partial charge in [-0.15, -0.1) is 11.3 Å². The molecule has 1 saturated heterocycles. The van der Waals surface area contributed by atoms with Crippen LogP contribution in [-0.2, 0) is 14.8 Å². The number of sulfonamides is 1. The van der Waals surface area contributed by atoms with Gasteiger partial charge in [-0.05, 0) is 25.1 Å². The van der Waals surface area contributed by atoms with Crippen LogP contribution in [0.2, 0.25) is 5.02 Å². The molecule has 3 aromatic rings. The number of rotatable bonds is 4. The minimum absolute atomic E-state index is 0.270. The van der Waals surface area contributed by atoms with Crippen LogP contribution in [0.3, 0.4) is 0 Å². The highest BCUT2D eigenvalue weighted by atomic mass is 35.5. The van der Waals surface area contributed by atoms with Crippen LogP contribution in [-0.4, -0.2) is 49.2 Å². The normalized spacial score (nSPS) is 15.9. The Hall–Kier alpha value is -1.78. The van der Waals surface area contributed by atoms with Gasteiger partial charge in [-0.3, -0.25) is 0 Å². The van der Waals surface area contributed by atoms with Crippen LogP contribution in [0.4, 0.5) is 0 Å². The van der Waals surface area contributed by atoms with E-state index in [4.69, 9.17) is 20.9 Å². The standard InChI is InChI=1S/C17H16ClN3O4S2/c1-11-15(27(22,23)21-5-7-24-8-6-21)10-14(26-11)17-19-16(20-25-17)12-3-2-4-13(18)9-12/h2-4,9-10H,5-8H2,1H3. The molecule has 0 saturated carbocycles. The van der Waals surface area contributed by atoms with E-state index in [2.05, 4.69) is 10.1 Å². The number of ether oxygens (including phenoxy) is 1. The fourth-order valence-electron chi connectivity index (χ4n) is 2.82. The Morgan fingerprint density at radius 3 is 2.74 bits per heavy atom. The summed E-state index contributed by atoms with van der Waals surface area (Å²) in [7, 11) is -3.57. The van der Waals surface area contributed by atoms with E-state index in [0.717, 1.165) is 5.56 Å². The van der Waals surface area contributed by atoms with Gasteiger partial charge >= 0.3 is 0 Å². The Balaban J connectivity index is 1.66. The van der Waals surface area contributed by atoms with Gasteiger partial charge in [-0.2, -0.15) is 9.29 Å². The lowest BCUT2D eigenvalue weighted by molar-refractivity contribution is 0.0730. The number of nitrogens with zero attached hydrogens (tertiary/aromatic N) is 3. The van der Waals surface area contributed by atoms with Crippen molar-refractivity contribution in [3.63, 3.8) is 0 Å². The summed E-state index contributed by atoms with van der Waals surface area (Å²) in [5, 5.41) is 4.55. The lowest BCUT2D eigenvalue weighted by Crippen LogP contribution is -2.40. The Morgan fingerprint density at radius 1 is 1.22 bits per heavy atom. The van der Waals surface area contributed by atoms with E-state index in [1.807, 2.05) is 6.07 Å². The zero-order chi connectivity index (χ0) is 19.0. The highest BCUT2D eigenvalue weighted by molar-refractivity contribution is 7.89. The number of hydrogen-bond acceptors (Lipinski definition) is 7. The summed E-state index contributed by atoms with van der Waals surface area (Å²) < 4.78 is 37.9. The molecule has 2 aromatic heterocycles. The topological polar surface area (TPSA) is 85.5 Å². The molecule has 4 rings (SSSR count). The SMILES string of the molecule is Cc1sc(-c2nc(-c3cccc(Cl)c3)no2)cc1S(=O)(=O)N1CCOCC1. The molecule has 1 aromatic carbocycles. The van der Waals surface area contributed by atoms with Crippen molar-refractivity contribution in [3.05, 3.63) is 40.2 Å². The van der Waals surface area contributed by atoms with Gasteiger partial charge in [0.15, 0.2) is 0 Å². The van der Waals surface area contributed by atoms with Crippen molar-refractivity contribution in [1.82, 2.24) is 14.4 Å². The van der Waals surface area contributed by atoms with Crippen molar-refractivity contribution >= 4 is 33.0 Å². The molecule has 0 amide bonds. The first-order chi connectivity index (χ1) is 12.9. The van der Waals surface area contributed by atoms with E-state index in [1.165, 1.54) is 15.6 Å². The third-order valence-electron chi connectivity index (χ3n) is 4.18. The predicted octanol–water partition coefficient (Wildman–Crippen LogP) is 3.45. The summed E-state index contributed by atoms with van der Waals surface area (Å²) in [6, 6.07) is 8.73. The average molecular weight is 426 g/mol. The molecule has 0 spiro atoms. The molecular weight excluding hydrogens is 410 g/mol. The van der Waals surface area contributed by atoms with E-state index >= 15 is 0 Å². The number of morpholine rings is 1. The van der Waals surface area contributed by atoms with Gasteiger partial charge in [0.1, 0.15) is 0 Å². The van der Waals surface area contributed by atoms with E-state index in [9.17, 15) is 8.42 Å². The summed E-state index contributed by atoms with van der Waals surface area (Å²) in [6.07, 6.45) is 0. The third kappa shape index (κ3) is 3.65. The highest BCUT2D eigenvalue weighted by Gasteiger charge is 2.30. The van der Waals surface area contributed by atoms with Crippen LogP contribution in [0.1, 0.15) is 4.88 Å². The lowest BCUT2D eigenvalue weighted by Gasteiger charge is -2.25. The minimum Gasteiger partial charge on any atom is -0.379 e. The maximum Gasteiger partial charge on any atom is 0.268 e. The molecule has 0 N–H and O–H groups in total.